The molecule has 0 N–H and O–H groups in total. The summed E-state index contributed by atoms with van der Waals surface area (Å²) in [6, 6.07) is 18.4. The van der Waals surface area contributed by atoms with Gasteiger partial charge in [-0.1, -0.05) is 47.6 Å². The normalized spacial score (nSPS) is 15.6. The van der Waals surface area contributed by atoms with Crippen LogP contribution in [0.5, 0.6) is 5.75 Å². The predicted octanol–water partition coefficient (Wildman–Crippen LogP) is 4.24. The van der Waals surface area contributed by atoms with E-state index in [9.17, 15) is 0 Å². The van der Waals surface area contributed by atoms with E-state index < -0.39 is 0 Å². The Morgan fingerprint density at radius 3 is 2.50 bits per heavy atom. The molecule has 28 heavy (non-hydrogen) atoms. The molecule has 0 amide bonds. The summed E-state index contributed by atoms with van der Waals surface area (Å²) in [5.41, 5.74) is 2.40. The minimum absolute atomic E-state index is 0.675. The van der Waals surface area contributed by atoms with Crippen molar-refractivity contribution in [2.24, 2.45) is 5.92 Å². The number of methoxy groups -OCH3 is 1. The zero-order valence-electron chi connectivity index (χ0n) is 16.4. The number of rotatable bonds is 7. The smallest absolute Gasteiger partial charge is 0.228 e. The van der Waals surface area contributed by atoms with Crippen LogP contribution in [0.1, 0.15) is 24.3 Å². The van der Waals surface area contributed by atoms with Crippen molar-refractivity contribution in [3.05, 3.63) is 66.1 Å². The number of benzene rings is 2. The topological polar surface area (TPSA) is 51.4 Å². The molecule has 2 heterocycles. The van der Waals surface area contributed by atoms with Gasteiger partial charge in [0.05, 0.1) is 7.11 Å². The Labute approximate surface area is 166 Å². The third kappa shape index (κ3) is 4.78. The van der Waals surface area contributed by atoms with E-state index in [1.165, 1.54) is 18.4 Å². The van der Waals surface area contributed by atoms with Gasteiger partial charge in [-0.2, -0.15) is 4.98 Å². The van der Waals surface area contributed by atoms with Crippen LogP contribution in [-0.2, 0) is 12.8 Å². The molecule has 2 aromatic carbocycles. The molecule has 0 radical (unpaired) electrons. The van der Waals surface area contributed by atoms with Gasteiger partial charge in [-0.25, -0.2) is 0 Å². The van der Waals surface area contributed by atoms with Crippen LogP contribution >= 0.6 is 0 Å². The number of hydrogen-bond acceptors (Lipinski definition) is 5. The fourth-order valence-electron chi connectivity index (χ4n) is 3.82. The standard InChI is InChI=1S/C23H27N3O2/c1-27-21-9-7-18(8-10-21)17-19-11-14-26(15-12-19)16-13-22-24-23(25-28-22)20-5-3-2-4-6-20/h2-10,19H,11-17H2,1H3. The van der Waals surface area contributed by atoms with Gasteiger partial charge in [0.25, 0.3) is 0 Å². The van der Waals surface area contributed by atoms with Gasteiger partial charge in [0.15, 0.2) is 0 Å². The fourth-order valence-corrected chi connectivity index (χ4v) is 3.82. The van der Waals surface area contributed by atoms with Crippen LogP contribution in [0.25, 0.3) is 11.4 Å². The third-order valence-corrected chi connectivity index (χ3v) is 5.53. The Morgan fingerprint density at radius 2 is 1.79 bits per heavy atom. The molecular formula is C23H27N3O2. The van der Waals surface area contributed by atoms with Gasteiger partial charge in [0.2, 0.25) is 11.7 Å². The Morgan fingerprint density at radius 1 is 1.04 bits per heavy atom. The van der Waals surface area contributed by atoms with Crippen molar-refractivity contribution in [3.8, 4) is 17.1 Å². The zero-order chi connectivity index (χ0) is 19.2. The first kappa shape index (κ1) is 18.7. The average Bonchev–Trinajstić information content (AvgIpc) is 3.24. The summed E-state index contributed by atoms with van der Waals surface area (Å²) in [4.78, 5) is 7.05. The molecule has 0 unspecified atom stereocenters. The molecule has 3 aromatic rings. The second-order valence-corrected chi connectivity index (χ2v) is 7.46. The second kappa shape index (κ2) is 9.02. The van der Waals surface area contributed by atoms with Crippen LogP contribution in [0.4, 0.5) is 0 Å². The summed E-state index contributed by atoms with van der Waals surface area (Å²) in [5.74, 6) is 3.08. The molecule has 5 heteroatoms. The quantitative estimate of drug-likeness (QED) is 0.616. The van der Waals surface area contributed by atoms with Crippen molar-refractivity contribution >= 4 is 0 Å². The Kier molecular flexibility index (Phi) is 6.02. The number of nitrogens with zero attached hydrogens (tertiary/aromatic N) is 3. The highest BCUT2D eigenvalue weighted by Crippen LogP contribution is 2.23. The molecule has 0 atom stereocenters. The Balaban J connectivity index is 1.22. The molecule has 0 spiro atoms. The Hall–Kier alpha value is -2.66. The van der Waals surface area contributed by atoms with Gasteiger partial charge in [0.1, 0.15) is 5.75 Å². The summed E-state index contributed by atoms with van der Waals surface area (Å²) >= 11 is 0. The maximum atomic E-state index is 5.43. The SMILES string of the molecule is COc1ccc(CC2CCN(CCc3nc(-c4ccccc4)no3)CC2)cc1. The highest BCUT2D eigenvalue weighted by Gasteiger charge is 2.20. The first-order chi connectivity index (χ1) is 13.8. The molecule has 1 aliphatic rings. The summed E-state index contributed by atoms with van der Waals surface area (Å²) in [7, 11) is 1.71. The van der Waals surface area contributed by atoms with Crippen molar-refractivity contribution in [2.75, 3.05) is 26.7 Å². The van der Waals surface area contributed by atoms with Gasteiger partial charge in [-0.3, -0.25) is 0 Å². The van der Waals surface area contributed by atoms with Crippen molar-refractivity contribution in [1.82, 2.24) is 15.0 Å². The van der Waals surface area contributed by atoms with Gasteiger partial charge < -0.3 is 14.2 Å². The molecule has 1 saturated heterocycles. The lowest BCUT2D eigenvalue weighted by Gasteiger charge is -2.31. The monoisotopic (exact) mass is 377 g/mol. The van der Waals surface area contributed by atoms with Gasteiger partial charge in [-0.15, -0.1) is 0 Å². The summed E-state index contributed by atoms with van der Waals surface area (Å²) < 4.78 is 10.7. The highest BCUT2D eigenvalue weighted by molar-refractivity contribution is 5.53. The number of hydrogen-bond donors (Lipinski definition) is 0. The Bertz CT molecular complexity index is 853. The predicted molar refractivity (Wildman–Crippen MR) is 109 cm³/mol. The first-order valence-electron chi connectivity index (χ1n) is 10.0. The molecule has 1 fully saturated rings. The third-order valence-electron chi connectivity index (χ3n) is 5.53. The largest absolute Gasteiger partial charge is 0.497 e. The molecule has 5 nitrogen and oxygen atoms in total. The van der Waals surface area contributed by atoms with Gasteiger partial charge in [0, 0.05) is 18.5 Å². The molecular weight excluding hydrogens is 350 g/mol. The van der Waals surface area contributed by atoms with E-state index >= 15 is 0 Å². The van der Waals surface area contributed by atoms with Crippen molar-refractivity contribution in [3.63, 3.8) is 0 Å². The lowest BCUT2D eigenvalue weighted by atomic mass is 9.90. The van der Waals surface area contributed by atoms with Crippen LogP contribution < -0.4 is 4.74 Å². The average molecular weight is 377 g/mol. The van der Waals surface area contributed by atoms with E-state index in [0.29, 0.717) is 5.82 Å². The van der Waals surface area contributed by atoms with Crippen molar-refractivity contribution in [1.29, 1.82) is 0 Å². The van der Waals surface area contributed by atoms with Crippen molar-refractivity contribution < 1.29 is 9.26 Å². The summed E-state index contributed by atoms with van der Waals surface area (Å²) in [6.07, 6.45) is 4.45. The minimum atomic E-state index is 0.675. The maximum Gasteiger partial charge on any atom is 0.228 e. The second-order valence-electron chi connectivity index (χ2n) is 7.46. The molecule has 0 saturated carbocycles. The maximum absolute atomic E-state index is 5.43. The van der Waals surface area contributed by atoms with Gasteiger partial charge in [-0.05, 0) is 56.0 Å². The van der Waals surface area contributed by atoms with Crippen molar-refractivity contribution in [2.45, 2.75) is 25.7 Å². The van der Waals surface area contributed by atoms with Crippen LogP contribution in [-0.4, -0.2) is 41.8 Å². The molecule has 0 aliphatic carbocycles. The number of aromatic nitrogens is 2. The van der Waals surface area contributed by atoms with Crippen LogP contribution in [0.3, 0.4) is 0 Å². The lowest BCUT2D eigenvalue weighted by molar-refractivity contribution is 0.181. The van der Waals surface area contributed by atoms with E-state index in [4.69, 9.17) is 9.26 Å². The molecule has 146 valence electrons. The fraction of sp³-hybridized carbons (Fsp3) is 0.391. The first-order valence-corrected chi connectivity index (χ1v) is 10.0. The van der Waals surface area contributed by atoms with Crippen LogP contribution in [0.15, 0.2) is 59.1 Å². The van der Waals surface area contributed by atoms with E-state index in [0.717, 1.165) is 55.6 Å². The molecule has 4 rings (SSSR count). The highest BCUT2D eigenvalue weighted by atomic mass is 16.5. The van der Waals surface area contributed by atoms with Crippen LogP contribution in [0, 0.1) is 5.92 Å². The van der Waals surface area contributed by atoms with E-state index in [1.807, 2.05) is 30.3 Å². The molecule has 1 aliphatic heterocycles. The van der Waals surface area contributed by atoms with E-state index in [2.05, 4.69) is 39.3 Å². The number of piperidine rings is 1. The minimum Gasteiger partial charge on any atom is -0.497 e. The van der Waals surface area contributed by atoms with Gasteiger partial charge >= 0.3 is 0 Å². The van der Waals surface area contributed by atoms with Crippen LogP contribution in [0.2, 0.25) is 0 Å². The lowest BCUT2D eigenvalue weighted by Crippen LogP contribution is -2.35. The summed E-state index contributed by atoms with van der Waals surface area (Å²) in [5, 5.41) is 4.11. The molecule has 1 aromatic heterocycles. The van der Waals surface area contributed by atoms with E-state index in [-0.39, 0.29) is 0 Å². The number of ether oxygens (including phenoxy) is 1. The zero-order valence-corrected chi connectivity index (χ0v) is 16.4. The summed E-state index contributed by atoms with van der Waals surface area (Å²) in [6.45, 7) is 3.26. The molecule has 0 bridgehead atoms. The van der Waals surface area contributed by atoms with E-state index in [1.54, 1.807) is 7.11 Å². The number of likely N-dealkylation sites (tertiary alicyclic amines) is 1.